The van der Waals surface area contributed by atoms with Gasteiger partial charge in [0.2, 0.25) is 11.7 Å². The second-order valence-electron chi connectivity index (χ2n) is 6.62. The van der Waals surface area contributed by atoms with Gasteiger partial charge in [0.25, 0.3) is 0 Å². The smallest absolute Gasteiger partial charge is 0.240 e. The summed E-state index contributed by atoms with van der Waals surface area (Å²) in [6.07, 6.45) is 0.505. The number of nitrogen functional groups attached to an aromatic ring is 1. The fraction of sp³-hybridized carbons (Fsp3) is 0.190. The van der Waals surface area contributed by atoms with Gasteiger partial charge in [-0.1, -0.05) is 30.4 Å². The largest absolute Gasteiger partial charge is 0.382 e. The Morgan fingerprint density at radius 2 is 1.83 bits per heavy atom. The van der Waals surface area contributed by atoms with E-state index in [1.165, 1.54) is 41.3 Å². The van der Waals surface area contributed by atoms with Crippen LogP contribution in [0.15, 0.2) is 42.5 Å². The molecule has 1 unspecified atom stereocenters. The molecule has 6 nitrogen and oxygen atoms in total. The van der Waals surface area contributed by atoms with Crippen LogP contribution in [-0.2, 0) is 11.2 Å². The lowest BCUT2D eigenvalue weighted by Gasteiger charge is -2.26. The van der Waals surface area contributed by atoms with Crippen molar-refractivity contribution in [2.24, 2.45) is 5.73 Å². The number of hydrogen-bond acceptors (Lipinski definition) is 6. The summed E-state index contributed by atoms with van der Waals surface area (Å²) in [6.45, 7) is 3.38. The number of carbonyl (C=O) groups excluding carboxylic acids is 2. The summed E-state index contributed by atoms with van der Waals surface area (Å²) in [6, 6.07) is 8.82. The SMILES string of the molecule is CCc1ccc(C(=O)c2sc(N(c3ccc(F)cc3)C(C)C(N)=O)nc2N)cc1F. The monoisotopic (exact) mass is 430 g/mol. The van der Waals surface area contributed by atoms with Gasteiger partial charge in [0, 0.05) is 11.3 Å². The molecule has 0 bridgehead atoms. The molecule has 0 aliphatic carbocycles. The third-order valence-electron chi connectivity index (χ3n) is 4.65. The van der Waals surface area contributed by atoms with Crippen LogP contribution in [0.4, 0.5) is 25.4 Å². The van der Waals surface area contributed by atoms with Crippen LogP contribution in [0.1, 0.15) is 34.6 Å². The molecule has 0 aliphatic rings. The number of carbonyl (C=O) groups is 2. The van der Waals surface area contributed by atoms with Gasteiger partial charge in [0.15, 0.2) is 5.13 Å². The number of ketones is 1. The number of nitrogens with zero attached hydrogens (tertiary/aromatic N) is 2. The molecule has 2 aromatic carbocycles. The lowest BCUT2D eigenvalue weighted by atomic mass is 10.1. The summed E-state index contributed by atoms with van der Waals surface area (Å²) in [4.78, 5) is 30.5. The average Bonchev–Trinajstić information content (AvgIpc) is 3.09. The van der Waals surface area contributed by atoms with Crippen molar-refractivity contribution in [1.29, 1.82) is 0 Å². The van der Waals surface area contributed by atoms with Gasteiger partial charge in [0.1, 0.15) is 28.4 Å². The lowest BCUT2D eigenvalue weighted by molar-refractivity contribution is -0.118. The normalized spacial score (nSPS) is 11.9. The van der Waals surface area contributed by atoms with Crippen LogP contribution in [0.3, 0.4) is 0 Å². The summed E-state index contributed by atoms with van der Waals surface area (Å²) >= 11 is 0.947. The zero-order valence-electron chi connectivity index (χ0n) is 16.4. The Bertz CT molecular complexity index is 1100. The van der Waals surface area contributed by atoms with Crippen molar-refractivity contribution in [3.63, 3.8) is 0 Å². The minimum absolute atomic E-state index is 0.0521. The van der Waals surface area contributed by atoms with E-state index in [2.05, 4.69) is 4.98 Å². The number of anilines is 3. The van der Waals surface area contributed by atoms with Crippen LogP contribution < -0.4 is 16.4 Å². The van der Waals surface area contributed by atoms with Crippen molar-refractivity contribution in [3.05, 3.63) is 70.1 Å². The Morgan fingerprint density at radius 3 is 2.40 bits per heavy atom. The van der Waals surface area contributed by atoms with E-state index in [4.69, 9.17) is 11.5 Å². The molecule has 0 fully saturated rings. The number of aryl methyl sites for hydroxylation is 1. The van der Waals surface area contributed by atoms with Gasteiger partial charge in [-0.3, -0.25) is 9.59 Å². The first kappa shape index (κ1) is 21.4. The second-order valence-corrected chi connectivity index (χ2v) is 7.60. The number of benzene rings is 2. The minimum atomic E-state index is -0.842. The van der Waals surface area contributed by atoms with Gasteiger partial charge >= 0.3 is 0 Å². The van der Waals surface area contributed by atoms with E-state index < -0.39 is 29.4 Å². The highest BCUT2D eigenvalue weighted by Gasteiger charge is 2.27. The van der Waals surface area contributed by atoms with Crippen molar-refractivity contribution in [3.8, 4) is 0 Å². The maximum Gasteiger partial charge on any atom is 0.240 e. The molecule has 0 saturated carbocycles. The van der Waals surface area contributed by atoms with Crippen molar-refractivity contribution in [2.45, 2.75) is 26.3 Å². The van der Waals surface area contributed by atoms with E-state index in [0.717, 1.165) is 11.3 Å². The number of halogens is 2. The predicted octanol–water partition coefficient (Wildman–Crippen LogP) is 3.81. The predicted molar refractivity (Wildman–Crippen MR) is 113 cm³/mol. The Labute approximate surface area is 176 Å². The Kier molecular flexibility index (Phi) is 6.12. The van der Waals surface area contributed by atoms with E-state index in [9.17, 15) is 18.4 Å². The summed E-state index contributed by atoms with van der Waals surface area (Å²) < 4.78 is 27.5. The molecule has 1 aromatic heterocycles. The number of nitrogens with two attached hydrogens (primary N) is 2. The number of thiazole rings is 1. The minimum Gasteiger partial charge on any atom is -0.382 e. The first-order valence-electron chi connectivity index (χ1n) is 9.16. The van der Waals surface area contributed by atoms with E-state index in [-0.39, 0.29) is 21.4 Å². The van der Waals surface area contributed by atoms with Crippen LogP contribution in [0.5, 0.6) is 0 Å². The van der Waals surface area contributed by atoms with Crippen LogP contribution in [0.2, 0.25) is 0 Å². The van der Waals surface area contributed by atoms with Gasteiger partial charge in [-0.15, -0.1) is 0 Å². The Morgan fingerprint density at radius 1 is 1.17 bits per heavy atom. The molecule has 156 valence electrons. The number of hydrogen-bond donors (Lipinski definition) is 2. The number of amides is 1. The van der Waals surface area contributed by atoms with E-state index in [1.807, 2.05) is 6.92 Å². The van der Waals surface area contributed by atoms with Gasteiger partial charge in [-0.25, -0.2) is 13.8 Å². The van der Waals surface area contributed by atoms with Crippen LogP contribution in [-0.4, -0.2) is 22.7 Å². The summed E-state index contributed by atoms with van der Waals surface area (Å²) in [5.74, 6) is -2.09. The van der Waals surface area contributed by atoms with Crippen LogP contribution >= 0.6 is 11.3 Å². The maximum absolute atomic E-state index is 14.1. The summed E-state index contributed by atoms with van der Waals surface area (Å²) in [7, 11) is 0. The second kappa shape index (κ2) is 8.58. The summed E-state index contributed by atoms with van der Waals surface area (Å²) in [5.41, 5.74) is 12.5. The van der Waals surface area contributed by atoms with Crippen molar-refractivity contribution >= 4 is 39.7 Å². The molecule has 9 heteroatoms. The highest BCUT2D eigenvalue weighted by molar-refractivity contribution is 7.18. The number of primary amides is 1. The topological polar surface area (TPSA) is 102 Å². The molecule has 30 heavy (non-hydrogen) atoms. The molecular formula is C21H20F2N4O2S. The fourth-order valence-corrected chi connectivity index (χ4v) is 3.97. The first-order chi connectivity index (χ1) is 14.2. The highest BCUT2D eigenvalue weighted by Crippen LogP contribution is 2.36. The molecule has 1 atom stereocenters. The van der Waals surface area contributed by atoms with Gasteiger partial charge in [-0.05, 0) is 49.2 Å². The molecular weight excluding hydrogens is 410 g/mol. The van der Waals surface area contributed by atoms with Crippen LogP contribution in [0, 0.1) is 11.6 Å². The third kappa shape index (κ3) is 4.16. The standard InChI is InChI=1S/C21H20F2N4O2S/c1-3-12-4-5-13(10-16(12)23)17(28)18-19(24)26-21(30-18)27(11(2)20(25)29)15-8-6-14(22)7-9-15/h4-11H,3,24H2,1-2H3,(H2,25,29). The lowest BCUT2D eigenvalue weighted by Crippen LogP contribution is -2.39. The van der Waals surface area contributed by atoms with E-state index in [0.29, 0.717) is 17.7 Å². The quantitative estimate of drug-likeness (QED) is 0.555. The van der Waals surface area contributed by atoms with E-state index in [1.54, 1.807) is 13.0 Å². The zero-order chi connectivity index (χ0) is 22.0. The number of rotatable bonds is 7. The first-order valence-corrected chi connectivity index (χ1v) is 9.98. The molecule has 3 rings (SSSR count). The van der Waals surface area contributed by atoms with Crippen molar-refractivity contribution in [1.82, 2.24) is 4.98 Å². The maximum atomic E-state index is 14.1. The molecule has 4 N–H and O–H groups in total. The Hall–Kier alpha value is -3.33. The fourth-order valence-electron chi connectivity index (χ4n) is 2.92. The summed E-state index contributed by atoms with van der Waals surface area (Å²) in [5, 5.41) is 0.236. The van der Waals surface area contributed by atoms with E-state index >= 15 is 0 Å². The van der Waals surface area contributed by atoms with Crippen molar-refractivity contribution in [2.75, 3.05) is 10.6 Å². The van der Waals surface area contributed by atoms with Crippen molar-refractivity contribution < 1.29 is 18.4 Å². The molecule has 0 spiro atoms. The molecule has 0 saturated heterocycles. The number of aromatic nitrogens is 1. The molecule has 1 amide bonds. The molecule has 0 aliphatic heterocycles. The highest BCUT2D eigenvalue weighted by atomic mass is 32.1. The molecule has 3 aromatic rings. The Balaban J connectivity index is 2.03. The molecule has 0 radical (unpaired) electrons. The van der Waals surface area contributed by atoms with Gasteiger partial charge in [0.05, 0.1) is 0 Å². The molecule has 1 heterocycles. The van der Waals surface area contributed by atoms with Gasteiger partial charge in [-0.2, -0.15) is 0 Å². The van der Waals surface area contributed by atoms with Crippen LogP contribution in [0.25, 0.3) is 0 Å². The van der Waals surface area contributed by atoms with Gasteiger partial charge < -0.3 is 16.4 Å². The zero-order valence-corrected chi connectivity index (χ0v) is 17.2. The third-order valence-corrected chi connectivity index (χ3v) is 5.72. The average molecular weight is 430 g/mol.